The van der Waals surface area contributed by atoms with E-state index in [1.54, 1.807) is 0 Å². The van der Waals surface area contributed by atoms with Gasteiger partial charge in [0.15, 0.2) is 0 Å². The van der Waals surface area contributed by atoms with Crippen LogP contribution in [0.2, 0.25) is 0 Å². The number of anilines is 1. The Morgan fingerprint density at radius 3 is 2.12 bits per heavy atom. The predicted molar refractivity (Wildman–Crippen MR) is 154 cm³/mol. The molecule has 0 radical (unpaired) electrons. The first-order valence-electron chi connectivity index (χ1n) is 12.8. The summed E-state index contributed by atoms with van der Waals surface area (Å²) in [5.41, 5.74) is 1.74. The topological polar surface area (TPSA) is 145 Å². The van der Waals surface area contributed by atoms with Gasteiger partial charge in [0.1, 0.15) is 11.9 Å². The lowest BCUT2D eigenvalue weighted by atomic mass is 10.0. The van der Waals surface area contributed by atoms with Crippen molar-refractivity contribution in [2.75, 3.05) is 24.2 Å². The summed E-state index contributed by atoms with van der Waals surface area (Å²) in [4.78, 5) is 37.8. The standard InChI is InChI=1S/C29H33FN4O6S/c1-19(29(37)38)31-18-25(13-20-7-5-4-6-8-20)33-28(36)23-14-22(15-26(16-23)34(2)41(3,39)40)27(35)32-17-21-9-11-24(30)12-10-21/h4-12,14-16,19,25,31H,13,17-18H2,1-3H3,(H,32,35)(H,33,36)(H,37,38)/t19-,25-/m0/s1. The molecule has 3 aromatic carbocycles. The van der Waals surface area contributed by atoms with Crippen LogP contribution in [-0.4, -0.2) is 63.2 Å². The minimum atomic E-state index is -3.72. The van der Waals surface area contributed by atoms with Crippen LogP contribution in [0.15, 0.2) is 72.8 Å². The van der Waals surface area contributed by atoms with E-state index in [1.807, 2.05) is 30.3 Å². The molecule has 0 saturated heterocycles. The SMILES string of the molecule is C[C@H](NC[C@H](Cc1ccccc1)NC(=O)c1cc(C(=O)NCc2ccc(F)cc2)cc(N(C)S(C)(=O)=O)c1)C(=O)O. The molecule has 12 heteroatoms. The number of amides is 2. The second-order valence-electron chi connectivity index (χ2n) is 9.64. The van der Waals surface area contributed by atoms with Crippen molar-refractivity contribution in [1.29, 1.82) is 0 Å². The molecule has 218 valence electrons. The number of rotatable bonds is 13. The van der Waals surface area contributed by atoms with Crippen LogP contribution in [0, 0.1) is 5.82 Å². The number of nitrogens with zero attached hydrogens (tertiary/aromatic N) is 1. The fourth-order valence-electron chi connectivity index (χ4n) is 3.88. The van der Waals surface area contributed by atoms with Gasteiger partial charge in [0, 0.05) is 37.3 Å². The molecule has 4 N–H and O–H groups in total. The summed E-state index contributed by atoms with van der Waals surface area (Å²) < 4.78 is 38.7. The second-order valence-corrected chi connectivity index (χ2v) is 11.7. The molecule has 0 unspecified atom stereocenters. The smallest absolute Gasteiger partial charge is 0.320 e. The van der Waals surface area contributed by atoms with Crippen molar-refractivity contribution in [3.05, 3.63) is 101 Å². The van der Waals surface area contributed by atoms with E-state index in [1.165, 1.54) is 56.4 Å². The Balaban J connectivity index is 1.88. The van der Waals surface area contributed by atoms with Crippen molar-refractivity contribution in [1.82, 2.24) is 16.0 Å². The van der Waals surface area contributed by atoms with Crippen LogP contribution in [0.1, 0.15) is 38.8 Å². The average molecular weight is 585 g/mol. The number of nitrogens with one attached hydrogen (secondary N) is 3. The van der Waals surface area contributed by atoms with Gasteiger partial charge < -0.3 is 21.1 Å². The van der Waals surface area contributed by atoms with Gasteiger partial charge in [-0.3, -0.25) is 18.7 Å². The number of carboxylic acid groups (broad SMARTS) is 1. The Labute approximate surface area is 238 Å². The number of sulfonamides is 1. The fraction of sp³-hybridized carbons (Fsp3) is 0.276. The number of hydrogen-bond acceptors (Lipinski definition) is 6. The molecule has 0 saturated carbocycles. The zero-order valence-electron chi connectivity index (χ0n) is 22.9. The minimum absolute atomic E-state index is 0.0364. The molecule has 2 amide bonds. The summed E-state index contributed by atoms with van der Waals surface area (Å²) in [6, 6.07) is 17.6. The molecule has 41 heavy (non-hydrogen) atoms. The van der Waals surface area contributed by atoms with Gasteiger partial charge >= 0.3 is 5.97 Å². The summed E-state index contributed by atoms with van der Waals surface area (Å²) >= 11 is 0. The van der Waals surface area contributed by atoms with Crippen molar-refractivity contribution < 1.29 is 32.3 Å². The van der Waals surface area contributed by atoms with Crippen molar-refractivity contribution in [2.45, 2.75) is 32.0 Å². The Kier molecular flexibility index (Phi) is 10.6. The molecule has 0 aromatic heterocycles. The Morgan fingerprint density at radius 1 is 0.927 bits per heavy atom. The van der Waals surface area contributed by atoms with E-state index in [0.717, 1.165) is 16.1 Å². The number of carbonyl (C=O) groups is 3. The third kappa shape index (κ3) is 9.40. The third-order valence-electron chi connectivity index (χ3n) is 6.37. The molecule has 0 aliphatic rings. The van der Waals surface area contributed by atoms with E-state index in [9.17, 15) is 32.3 Å². The van der Waals surface area contributed by atoms with Gasteiger partial charge in [0.05, 0.1) is 11.9 Å². The van der Waals surface area contributed by atoms with Gasteiger partial charge in [-0.15, -0.1) is 0 Å². The first kappa shape index (κ1) is 31.2. The van der Waals surface area contributed by atoms with Crippen molar-refractivity contribution in [2.24, 2.45) is 0 Å². The highest BCUT2D eigenvalue weighted by Crippen LogP contribution is 2.21. The van der Waals surface area contributed by atoms with E-state index in [0.29, 0.717) is 12.0 Å². The van der Waals surface area contributed by atoms with Crippen LogP contribution in [-0.2, 0) is 27.8 Å². The summed E-state index contributed by atoms with van der Waals surface area (Å²) in [6.45, 7) is 1.71. The molecule has 0 heterocycles. The largest absolute Gasteiger partial charge is 0.480 e. The molecule has 3 rings (SSSR count). The van der Waals surface area contributed by atoms with E-state index in [4.69, 9.17) is 0 Å². The van der Waals surface area contributed by atoms with E-state index >= 15 is 0 Å². The third-order valence-corrected chi connectivity index (χ3v) is 7.58. The van der Waals surface area contributed by atoms with Crippen LogP contribution in [0.5, 0.6) is 0 Å². The fourth-order valence-corrected chi connectivity index (χ4v) is 4.37. The Hall–Kier alpha value is -4.29. The molecule has 0 spiro atoms. The molecule has 3 aromatic rings. The first-order chi connectivity index (χ1) is 19.3. The minimum Gasteiger partial charge on any atom is -0.480 e. The average Bonchev–Trinajstić information content (AvgIpc) is 2.94. The Morgan fingerprint density at radius 2 is 1.54 bits per heavy atom. The molecular weight excluding hydrogens is 551 g/mol. The molecule has 0 bridgehead atoms. The normalized spacial score (nSPS) is 12.7. The maximum Gasteiger partial charge on any atom is 0.320 e. The number of carboxylic acids is 1. The highest BCUT2D eigenvalue weighted by Gasteiger charge is 2.22. The van der Waals surface area contributed by atoms with E-state index in [2.05, 4.69) is 16.0 Å². The number of carbonyl (C=O) groups excluding carboxylic acids is 2. The van der Waals surface area contributed by atoms with Crippen LogP contribution in [0.4, 0.5) is 10.1 Å². The maximum atomic E-state index is 13.4. The zero-order valence-corrected chi connectivity index (χ0v) is 23.7. The van der Waals surface area contributed by atoms with Gasteiger partial charge in [0.25, 0.3) is 11.8 Å². The highest BCUT2D eigenvalue weighted by atomic mass is 32.2. The lowest BCUT2D eigenvalue weighted by Gasteiger charge is -2.22. The van der Waals surface area contributed by atoms with Crippen molar-refractivity contribution in [3.8, 4) is 0 Å². The monoisotopic (exact) mass is 584 g/mol. The van der Waals surface area contributed by atoms with Gasteiger partial charge in [-0.25, -0.2) is 12.8 Å². The van der Waals surface area contributed by atoms with E-state index in [-0.39, 0.29) is 29.9 Å². The van der Waals surface area contributed by atoms with Gasteiger partial charge in [0.2, 0.25) is 10.0 Å². The van der Waals surface area contributed by atoms with Gasteiger partial charge in [-0.1, -0.05) is 42.5 Å². The summed E-state index contributed by atoms with van der Waals surface area (Å²) in [7, 11) is -2.41. The second kappa shape index (κ2) is 13.9. The lowest BCUT2D eigenvalue weighted by molar-refractivity contribution is -0.139. The Bertz CT molecular complexity index is 1480. The van der Waals surface area contributed by atoms with E-state index < -0.39 is 45.7 Å². The van der Waals surface area contributed by atoms with Crippen LogP contribution in [0.25, 0.3) is 0 Å². The summed E-state index contributed by atoms with van der Waals surface area (Å²) in [6.07, 6.45) is 1.39. The zero-order chi connectivity index (χ0) is 30.2. The number of benzene rings is 3. The first-order valence-corrected chi connectivity index (χ1v) is 14.6. The number of hydrogen-bond donors (Lipinski definition) is 4. The summed E-state index contributed by atoms with van der Waals surface area (Å²) in [5.74, 6) is -2.59. The number of aliphatic carboxylic acids is 1. The predicted octanol–water partition coefficient (Wildman–Crippen LogP) is 2.56. The van der Waals surface area contributed by atoms with Gasteiger partial charge in [-0.2, -0.15) is 0 Å². The molecule has 0 aliphatic carbocycles. The lowest BCUT2D eigenvalue weighted by Crippen LogP contribution is -2.47. The molecule has 2 atom stereocenters. The van der Waals surface area contributed by atoms with Crippen molar-refractivity contribution in [3.63, 3.8) is 0 Å². The van der Waals surface area contributed by atoms with Gasteiger partial charge in [-0.05, 0) is 54.8 Å². The van der Waals surface area contributed by atoms with Crippen LogP contribution < -0.4 is 20.3 Å². The molecular formula is C29H33FN4O6S. The molecule has 0 fully saturated rings. The maximum absolute atomic E-state index is 13.4. The molecule has 10 nitrogen and oxygen atoms in total. The van der Waals surface area contributed by atoms with Crippen LogP contribution >= 0.6 is 0 Å². The summed E-state index contributed by atoms with van der Waals surface area (Å²) in [5, 5.41) is 17.7. The number of halogens is 1. The van der Waals surface area contributed by atoms with Crippen molar-refractivity contribution >= 4 is 33.5 Å². The quantitative estimate of drug-likeness (QED) is 0.242. The highest BCUT2D eigenvalue weighted by molar-refractivity contribution is 7.92. The molecule has 0 aliphatic heterocycles. The van der Waals surface area contributed by atoms with Crippen LogP contribution in [0.3, 0.4) is 0 Å².